The zero-order valence-corrected chi connectivity index (χ0v) is 26.2. The molecule has 0 radical (unpaired) electrons. The molecule has 0 amide bonds. The Balaban J connectivity index is 1.38. The van der Waals surface area contributed by atoms with Crippen molar-refractivity contribution in [2.45, 2.75) is 97.2 Å². The van der Waals surface area contributed by atoms with Gasteiger partial charge in [-0.05, 0) is 67.9 Å². The summed E-state index contributed by atoms with van der Waals surface area (Å²) >= 11 is 0. The van der Waals surface area contributed by atoms with Crippen molar-refractivity contribution in [3.8, 4) is 22.5 Å². The maximum Gasteiger partial charge on any atom is 0.511 e. The number of benzene rings is 2. The van der Waals surface area contributed by atoms with E-state index in [1.54, 1.807) is 18.4 Å². The highest BCUT2D eigenvalue weighted by atomic mass is 16.8. The van der Waals surface area contributed by atoms with Crippen LogP contribution in [0.4, 0.5) is 4.79 Å². The number of aliphatic hydroxyl groups is 1. The number of carbonyl (C=O) groups is 2. The number of H-pyrrole nitrogens is 1. The van der Waals surface area contributed by atoms with Crippen molar-refractivity contribution in [2.75, 3.05) is 0 Å². The largest absolute Gasteiger partial charge is 0.511 e. The van der Waals surface area contributed by atoms with Gasteiger partial charge in [-0.1, -0.05) is 61.9 Å². The molecule has 1 unspecified atom stereocenters. The van der Waals surface area contributed by atoms with Crippen LogP contribution in [0.3, 0.4) is 0 Å². The van der Waals surface area contributed by atoms with Crippen LogP contribution >= 0.6 is 0 Å². The Labute approximate surface area is 262 Å². The molecule has 4 aromatic rings. The fraction of sp³-hybridized carbons (Fsp3) is 0.455. The summed E-state index contributed by atoms with van der Waals surface area (Å²) in [4.78, 5) is 30.7. The number of carbonyl (C=O) groups excluding carboxylic acids is 2. The number of hydrogen-bond donors (Lipinski definition) is 2. The van der Waals surface area contributed by atoms with Crippen LogP contribution in [0, 0.1) is 0 Å². The number of tetrazole rings is 1. The topological polar surface area (TPSA) is 154 Å². The normalized spacial score (nSPS) is 14.6. The highest BCUT2D eigenvalue weighted by Gasteiger charge is 2.34. The van der Waals surface area contributed by atoms with E-state index in [-0.39, 0.29) is 17.5 Å². The molecule has 1 aliphatic carbocycles. The second-order valence-electron chi connectivity index (χ2n) is 11.8. The summed E-state index contributed by atoms with van der Waals surface area (Å²) in [6.07, 6.45) is 3.80. The van der Waals surface area contributed by atoms with Crippen LogP contribution in [-0.4, -0.2) is 59.8 Å². The van der Waals surface area contributed by atoms with Crippen LogP contribution in [0.25, 0.3) is 22.5 Å². The molecule has 1 atom stereocenters. The molecule has 45 heavy (non-hydrogen) atoms. The maximum atomic E-state index is 13.7. The minimum absolute atomic E-state index is 0.105. The third kappa shape index (κ3) is 7.75. The first-order valence-corrected chi connectivity index (χ1v) is 15.5. The molecule has 12 heteroatoms. The molecule has 1 fully saturated rings. The molecule has 2 aromatic heterocycles. The third-order valence-electron chi connectivity index (χ3n) is 7.76. The van der Waals surface area contributed by atoms with Gasteiger partial charge in [-0.3, -0.25) is 0 Å². The van der Waals surface area contributed by atoms with Gasteiger partial charge in [-0.2, -0.15) is 5.21 Å². The minimum atomic E-state index is -1.44. The Morgan fingerprint density at radius 3 is 2.40 bits per heavy atom. The molecule has 12 nitrogen and oxygen atoms in total. The molecule has 0 spiro atoms. The number of nitrogens with zero attached hydrogens (tertiary/aromatic N) is 5. The molecular formula is C33H40N6O6. The van der Waals surface area contributed by atoms with E-state index in [0.717, 1.165) is 60.8 Å². The van der Waals surface area contributed by atoms with E-state index in [1.165, 1.54) is 6.92 Å². The highest BCUT2D eigenvalue weighted by molar-refractivity contribution is 5.89. The zero-order chi connectivity index (χ0) is 32.0. The molecule has 2 N–H and O–H groups in total. The Morgan fingerprint density at radius 1 is 1.04 bits per heavy atom. The van der Waals surface area contributed by atoms with Crippen LogP contribution in [-0.2, 0) is 32.8 Å². The van der Waals surface area contributed by atoms with Crippen LogP contribution in [0.1, 0.15) is 93.8 Å². The molecule has 0 saturated heterocycles. The fourth-order valence-electron chi connectivity index (χ4n) is 5.61. The van der Waals surface area contributed by atoms with Gasteiger partial charge >= 0.3 is 12.1 Å². The Kier molecular flexibility index (Phi) is 9.92. The minimum Gasteiger partial charge on any atom is -0.431 e. The quantitative estimate of drug-likeness (QED) is 0.153. The van der Waals surface area contributed by atoms with Crippen molar-refractivity contribution in [1.82, 2.24) is 30.2 Å². The van der Waals surface area contributed by atoms with Crippen molar-refractivity contribution in [3.63, 3.8) is 0 Å². The lowest BCUT2D eigenvalue weighted by Gasteiger charge is -2.23. The van der Waals surface area contributed by atoms with Gasteiger partial charge in [-0.15, -0.1) is 10.2 Å². The Hall–Kier alpha value is -4.58. The van der Waals surface area contributed by atoms with Crippen LogP contribution in [0.15, 0.2) is 48.5 Å². The van der Waals surface area contributed by atoms with Crippen molar-refractivity contribution >= 4 is 12.1 Å². The SMILES string of the molecule is CCCc1nc(C(C)(C)O)c(C(=O)OC(C)OC(=O)OC2CCCCC2)n1Cc1ccc(-c2ccccc2-c2nn[nH]n2)cc1. The average molecular weight is 617 g/mol. The van der Waals surface area contributed by atoms with Crippen molar-refractivity contribution in [1.29, 1.82) is 0 Å². The number of aromatic amines is 1. The number of imidazole rings is 1. The number of aromatic nitrogens is 6. The van der Waals surface area contributed by atoms with Crippen LogP contribution < -0.4 is 0 Å². The van der Waals surface area contributed by atoms with Gasteiger partial charge in [0.25, 0.3) is 0 Å². The molecule has 2 aromatic carbocycles. The Bertz CT molecular complexity index is 1590. The maximum absolute atomic E-state index is 13.7. The molecule has 2 heterocycles. The summed E-state index contributed by atoms with van der Waals surface area (Å²) in [7, 11) is 0. The second-order valence-corrected chi connectivity index (χ2v) is 11.8. The monoisotopic (exact) mass is 616 g/mol. The number of ether oxygens (including phenoxy) is 3. The summed E-state index contributed by atoms with van der Waals surface area (Å²) in [6, 6.07) is 15.7. The smallest absolute Gasteiger partial charge is 0.431 e. The molecular weight excluding hydrogens is 576 g/mol. The van der Waals surface area contributed by atoms with Gasteiger partial charge in [0.2, 0.25) is 12.1 Å². The van der Waals surface area contributed by atoms with Crippen molar-refractivity contribution in [3.05, 3.63) is 71.3 Å². The molecule has 1 aliphatic rings. The van der Waals surface area contributed by atoms with Gasteiger partial charge in [0.05, 0.1) is 0 Å². The highest BCUT2D eigenvalue weighted by Crippen LogP contribution is 2.31. The predicted molar refractivity (Wildman–Crippen MR) is 165 cm³/mol. The van der Waals surface area contributed by atoms with E-state index in [4.69, 9.17) is 19.2 Å². The van der Waals surface area contributed by atoms with Crippen molar-refractivity contribution < 1.29 is 28.9 Å². The summed E-state index contributed by atoms with van der Waals surface area (Å²) in [5, 5.41) is 25.4. The molecule has 0 aliphatic heterocycles. The molecule has 238 valence electrons. The second kappa shape index (κ2) is 14.0. The third-order valence-corrected chi connectivity index (χ3v) is 7.76. The first-order valence-electron chi connectivity index (χ1n) is 15.5. The fourth-order valence-corrected chi connectivity index (χ4v) is 5.61. The standard InChI is InChI=1S/C33H40N6O6/c1-5-11-27-34-29(33(3,4)42)28(31(40)43-21(2)44-32(41)45-24-12-7-6-8-13-24)39(27)20-22-16-18-23(19-17-22)25-14-9-10-15-26(25)30-35-37-38-36-30/h9-10,14-19,21,24,42H,5-8,11-13,20H2,1-4H3,(H,35,36,37,38). The van der Waals surface area contributed by atoms with Gasteiger partial charge in [0.1, 0.15) is 23.2 Å². The molecule has 5 rings (SSSR count). The zero-order valence-electron chi connectivity index (χ0n) is 26.2. The number of hydrogen-bond acceptors (Lipinski definition) is 10. The lowest BCUT2D eigenvalue weighted by molar-refractivity contribution is -0.0921. The Morgan fingerprint density at radius 2 is 1.76 bits per heavy atom. The first-order chi connectivity index (χ1) is 21.6. The van der Waals surface area contributed by atoms with E-state index in [2.05, 4.69) is 20.6 Å². The van der Waals surface area contributed by atoms with Gasteiger partial charge in [-0.25, -0.2) is 14.6 Å². The number of nitrogens with one attached hydrogen (secondary N) is 1. The lowest BCUT2D eigenvalue weighted by atomic mass is 9.98. The summed E-state index contributed by atoms with van der Waals surface area (Å²) in [5.41, 5.74) is 2.52. The molecule has 0 bridgehead atoms. The summed E-state index contributed by atoms with van der Waals surface area (Å²) < 4.78 is 18.0. The van der Waals surface area contributed by atoms with Crippen LogP contribution in [0.5, 0.6) is 0 Å². The summed E-state index contributed by atoms with van der Waals surface area (Å²) in [5.74, 6) is 0.379. The van der Waals surface area contributed by atoms with E-state index in [0.29, 0.717) is 24.6 Å². The van der Waals surface area contributed by atoms with Gasteiger partial charge in [0, 0.05) is 25.5 Å². The van der Waals surface area contributed by atoms with Gasteiger partial charge < -0.3 is 23.9 Å². The van der Waals surface area contributed by atoms with Crippen LogP contribution in [0.2, 0.25) is 0 Å². The van der Waals surface area contributed by atoms with E-state index in [1.807, 2.05) is 55.5 Å². The average Bonchev–Trinajstić information content (AvgIpc) is 3.67. The number of esters is 1. The van der Waals surface area contributed by atoms with E-state index < -0.39 is 24.0 Å². The predicted octanol–water partition coefficient (Wildman–Crippen LogP) is 5.95. The van der Waals surface area contributed by atoms with E-state index in [9.17, 15) is 14.7 Å². The molecule has 1 saturated carbocycles. The lowest BCUT2D eigenvalue weighted by Crippen LogP contribution is -2.29. The number of rotatable bonds is 11. The number of aryl methyl sites for hydroxylation is 1. The van der Waals surface area contributed by atoms with Gasteiger partial charge in [0.15, 0.2) is 5.69 Å². The first kappa shape index (κ1) is 31.8. The van der Waals surface area contributed by atoms with E-state index >= 15 is 0 Å². The summed E-state index contributed by atoms with van der Waals surface area (Å²) in [6.45, 7) is 6.93. The van der Waals surface area contributed by atoms with Crippen molar-refractivity contribution in [2.24, 2.45) is 0 Å².